The van der Waals surface area contributed by atoms with E-state index in [-0.39, 0.29) is 0 Å². The third kappa shape index (κ3) is 1.33. The van der Waals surface area contributed by atoms with Crippen molar-refractivity contribution in [3.05, 3.63) is 28.7 Å². The number of fused-ring (bicyclic) bond motifs is 1. The Morgan fingerprint density at radius 2 is 2.25 bits per heavy atom. The lowest BCUT2D eigenvalue weighted by Gasteiger charge is -2.11. The zero-order chi connectivity index (χ0) is 11.0. The highest BCUT2D eigenvalue weighted by Crippen LogP contribution is 2.32. The zero-order valence-electron chi connectivity index (χ0n) is 8.47. The standard InChI is InChI=1S/C10H9N5S/c11-3-8-7-1-2-12-4-9(7)16-10(8)15-5-13-14-6-15/h5-6,12H,1-2,4H2. The van der Waals surface area contributed by atoms with Gasteiger partial charge in [-0.1, -0.05) is 0 Å². The number of rotatable bonds is 1. The van der Waals surface area contributed by atoms with Crippen molar-refractivity contribution in [2.45, 2.75) is 13.0 Å². The second-order valence-corrected chi connectivity index (χ2v) is 4.68. The van der Waals surface area contributed by atoms with E-state index in [1.165, 1.54) is 10.4 Å². The molecule has 1 N–H and O–H groups in total. The number of hydrogen-bond donors (Lipinski definition) is 1. The van der Waals surface area contributed by atoms with Crippen LogP contribution < -0.4 is 5.32 Å². The zero-order valence-corrected chi connectivity index (χ0v) is 9.29. The van der Waals surface area contributed by atoms with E-state index < -0.39 is 0 Å². The molecule has 80 valence electrons. The van der Waals surface area contributed by atoms with Gasteiger partial charge in [-0.3, -0.25) is 4.57 Å². The molecule has 0 radical (unpaired) electrons. The molecule has 0 amide bonds. The Morgan fingerprint density at radius 3 is 3.00 bits per heavy atom. The average Bonchev–Trinajstić information content (AvgIpc) is 2.95. The lowest BCUT2D eigenvalue weighted by molar-refractivity contribution is 0.653. The summed E-state index contributed by atoms with van der Waals surface area (Å²) >= 11 is 1.64. The number of hydrogen-bond acceptors (Lipinski definition) is 5. The van der Waals surface area contributed by atoms with Gasteiger partial charge in [-0.2, -0.15) is 5.26 Å². The average molecular weight is 231 g/mol. The molecule has 0 bridgehead atoms. The van der Waals surface area contributed by atoms with Gasteiger partial charge in [0.15, 0.2) is 0 Å². The predicted octanol–water partition coefficient (Wildman–Crippen LogP) is 0.846. The van der Waals surface area contributed by atoms with Crippen molar-refractivity contribution >= 4 is 11.3 Å². The Labute approximate surface area is 96.4 Å². The molecule has 0 aromatic carbocycles. The lowest BCUT2D eigenvalue weighted by atomic mass is 10.1. The molecule has 1 aliphatic rings. The molecule has 1 aliphatic heterocycles. The van der Waals surface area contributed by atoms with Crippen LogP contribution in [0.15, 0.2) is 12.7 Å². The minimum Gasteiger partial charge on any atom is -0.312 e. The van der Waals surface area contributed by atoms with Gasteiger partial charge in [0.2, 0.25) is 0 Å². The van der Waals surface area contributed by atoms with Crippen LogP contribution >= 0.6 is 11.3 Å². The SMILES string of the molecule is N#Cc1c(-n2cnnc2)sc2c1CCNC2. The molecule has 0 spiro atoms. The first-order valence-corrected chi connectivity index (χ1v) is 5.82. The fourth-order valence-corrected chi connectivity index (χ4v) is 3.13. The molecule has 0 fully saturated rings. The molecular formula is C10H9N5S. The highest BCUT2D eigenvalue weighted by molar-refractivity contribution is 7.15. The molecule has 0 aliphatic carbocycles. The fraction of sp³-hybridized carbons (Fsp3) is 0.300. The van der Waals surface area contributed by atoms with Crippen LogP contribution in [0.25, 0.3) is 5.00 Å². The van der Waals surface area contributed by atoms with Crippen molar-refractivity contribution in [2.75, 3.05) is 6.54 Å². The molecule has 0 atom stereocenters. The Hall–Kier alpha value is -1.71. The predicted molar refractivity (Wildman–Crippen MR) is 59.4 cm³/mol. The van der Waals surface area contributed by atoms with E-state index in [0.29, 0.717) is 0 Å². The smallest absolute Gasteiger partial charge is 0.124 e. The van der Waals surface area contributed by atoms with Gasteiger partial charge in [-0.05, 0) is 18.5 Å². The monoisotopic (exact) mass is 231 g/mol. The van der Waals surface area contributed by atoms with Crippen molar-refractivity contribution in [1.29, 1.82) is 5.26 Å². The van der Waals surface area contributed by atoms with Crippen LogP contribution in [0.1, 0.15) is 16.0 Å². The van der Waals surface area contributed by atoms with E-state index in [9.17, 15) is 5.26 Å². The summed E-state index contributed by atoms with van der Waals surface area (Å²) in [7, 11) is 0. The summed E-state index contributed by atoms with van der Waals surface area (Å²) in [5.74, 6) is 0. The summed E-state index contributed by atoms with van der Waals surface area (Å²) in [6, 6.07) is 2.30. The minimum atomic E-state index is 0.779. The van der Waals surface area contributed by atoms with E-state index in [2.05, 4.69) is 21.6 Å². The van der Waals surface area contributed by atoms with Crippen LogP contribution in [-0.2, 0) is 13.0 Å². The summed E-state index contributed by atoms with van der Waals surface area (Å²) < 4.78 is 1.81. The Bertz CT molecular complexity index is 549. The maximum atomic E-state index is 9.24. The van der Waals surface area contributed by atoms with Gasteiger partial charge in [0.05, 0.1) is 5.56 Å². The van der Waals surface area contributed by atoms with E-state index in [1.54, 1.807) is 24.0 Å². The minimum absolute atomic E-state index is 0.779. The highest BCUT2D eigenvalue weighted by atomic mass is 32.1. The molecule has 0 unspecified atom stereocenters. The molecule has 6 heteroatoms. The highest BCUT2D eigenvalue weighted by Gasteiger charge is 2.21. The normalized spacial score (nSPS) is 14.4. The summed E-state index contributed by atoms with van der Waals surface area (Å²) in [6.07, 6.45) is 4.19. The van der Waals surface area contributed by atoms with Gasteiger partial charge >= 0.3 is 0 Å². The van der Waals surface area contributed by atoms with Crippen LogP contribution in [0, 0.1) is 11.3 Å². The van der Waals surface area contributed by atoms with Crippen LogP contribution in [0.2, 0.25) is 0 Å². The largest absolute Gasteiger partial charge is 0.312 e. The first-order chi connectivity index (χ1) is 7.90. The van der Waals surface area contributed by atoms with Crippen molar-refractivity contribution < 1.29 is 0 Å². The van der Waals surface area contributed by atoms with E-state index >= 15 is 0 Å². The van der Waals surface area contributed by atoms with Gasteiger partial charge < -0.3 is 5.32 Å². The van der Waals surface area contributed by atoms with Gasteiger partial charge in [0.1, 0.15) is 23.7 Å². The fourth-order valence-electron chi connectivity index (χ4n) is 1.92. The summed E-state index contributed by atoms with van der Waals surface area (Å²) in [5, 5.41) is 21.0. The van der Waals surface area contributed by atoms with Gasteiger partial charge in [-0.25, -0.2) is 0 Å². The van der Waals surface area contributed by atoms with Crippen molar-refractivity contribution in [2.24, 2.45) is 0 Å². The number of aromatic nitrogens is 3. The molecule has 2 aromatic heterocycles. The summed E-state index contributed by atoms with van der Waals surface area (Å²) in [5.41, 5.74) is 1.97. The summed E-state index contributed by atoms with van der Waals surface area (Å²) in [6.45, 7) is 1.80. The van der Waals surface area contributed by atoms with Gasteiger partial charge in [-0.15, -0.1) is 21.5 Å². The second-order valence-electron chi connectivity index (χ2n) is 3.59. The maximum Gasteiger partial charge on any atom is 0.124 e. The number of nitrogens with one attached hydrogen (secondary N) is 1. The molecule has 5 nitrogen and oxygen atoms in total. The number of nitrogens with zero attached hydrogens (tertiary/aromatic N) is 4. The number of thiophene rings is 1. The Kier molecular flexibility index (Phi) is 2.20. The first-order valence-electron chi connectivity index (χ1n) is 5.00. The van der Waals surface area contributed by atoms with Crippen LogP contribution in [-0.4, -0.2) is 21.3 Å². The van der Waals surface area contributed by atoms with Crippen LogP contribution in [0.5, 0.6) is 0 Å². The quantitative estimate of drug-likeness (QED) is 0.790. The van der Waals surface area contributed by atoms with Crippen LogP contribution in [0.4, 0.5) is 0 Å². The van der Waals surface area contributed by atoms with Crippen molar-refractivity contribution in [1.82, 2.24) is 20.1 Å². The van der Waals surface area contributed by atoms with Crippen LogP contribution in [0.3, 0.4) is 0 Å². The summed E-state index contributed by atoms with van der Waals surface area (Å²) in [4.78, 5) is 1.26. The van der Waals surface area contributed by atoms with Crippen molar-refractivity contribution in [3.63, 3.8) is 0 Å². The van der Waals surface area contributed by atoms with Gasteiger partial charge in [0, 0.05) is 11.4 Å². The molecule has 0 saturated heterocycles. The molecule has 2 aromatic rings. The maximum absolute atomic E-state index is 9.24. The Balaban J connectivity index is 2.19. The third-order valence-corrected chi connectivity index (χ3v) is 3.92. The first kappa shape index (κ1) is 9.51. The molecule has 0 saturated carbocycles. The van der Waals surface area contributed by atoms with E-state index in [1.807, 2.05) is 4.57 Å². The lowest BCUT2D eigenvalue weighted by Crippen LogP contribution is -2.22. The molecular weight excluding hydrogens is 222 g/mol. The molecule has 3 rings (SSSR count). The number of nitriles is 1. The second kappa shape index (κ2) is 3.70. The topological polar surface area (TPSA) is 66.5 Å². The molecule has 16 heavy (non-hydrogen) atoms. The third-order valence-electron chi connectivity index (χ3n) is 2.67. The van der Waals surface area contributed by atoms with E-state index in [0.717, 1.165) is 30.1 Å². The van der Waals surface area contributed by atoms with Gasteiger partial charge in [0.25, 0.3) is 0 Å². The molecule has 3 heterocycles. The Morgan fingerprint density at radius 1 is 1.44 bits per heavy atom. The van der Waals surface area contributed by atoms with Crippen molar-refractivity contribution in [3.8, 4) is 11.1 Å². The van der Waals surface area contributed by atoms with E-state index in [4.69, 9.17) is 0 Å².